The third kappa shape index (κ3) is 7.34. The smallest absolute Gasteiger partial charge is 0.331 e. The van der Waals surface area contributed by atoms with Crippen LogP contribution in [0.1, 0.15) is 25.7 Å². The molecule has 1 saturated heterocycles. The van der Waals surface area contributed by atoms with Crippen LogP contribution < -0.4 is 5.32 Å². The number of piperidine rings is 1. The van der Waals surface area contributed by atoms with Crippen molar-refractivity contribution in [3.63, 3.8) is 0 Å². The van der Waals surface area contributed by atoms with Gasteiger partial charge in [0.15, 0.2) is 0 Å². The fourth-order valence-electron chi connectivity index (χ4n) is 1.90. The van der Waals surface area contributed by atoms with Gasteiger partial charge < -0.3 is 19.7 Å². The molecular weight excluding hydrogens is 276 g/mol. The van der Waals surface area contributed by atoms with E-state index in [-0.39, 0.29) is 12.6 Å². The summed E-state index contributed by atoms with van der Waals surface area (Å²) >= 11 is 0. The van der Waals surface area contributed by atoms with Gasteiger partial charge in [0.05, 0.1) is 13.7 Å². The van der Waals surface area contributed by atoms with Crippen LogP contribution in [0.4, 0.5) is 4.79 Å². The van der Waals surface area contributed by atoms with Gasteiger partial charge >= 0.3 is 18.0 Å². The number of likely N-dealkylation sites (tertiary alicyclic amines) is 1. The molecule has 1 aliphatic rings. The molecule has 0 bridgehead atoms. The predicted molar refractivity (Wildman–Crippen MR) is 75.6 cm³/mol. The molecule has 1 fully saturated rings. The van der Waals surface area contributed by atoms with Gasteiger partial charge in [-0.1, -0.05) is 0 Å². The second-order valence-electron chi connectivity index (χ2n) is 4.66. The minimum Gasteiger partial charge on any atom is -0.466 e. The van der Waals surface area contributed by atoms with Crippen LogP contribution in [-0.2, 0) is 19.1 Å². The summed E-state index contributed by atoms with van der Waals surface area (Å²) in [7, 11) is 1.23. The maximum atomic E-state index is 11.8. The Labute approximate surface area is 124 Å². The van der Waals surface area contributed by atoms with Crippen molar-refractivity contribution in [2.75, 3.05) is 33.4 Å². The lowest BCUT2D eigenvalue weighted by molar-refractivity contribution is -0.139. The van der Waals surface area contributed by atoms with E-state index in [0.717, 1.165) is 38.1 Å². The predicted octanol–water partition coefficient (Wildman–Crippen LogP) is 0.844. The summed E-state index contributed by atoms with van der Waals surface area (Å²) in [5.41, 5.74) is 0. The third-order valence-electron chi connectivity index (χ3n) is 3.04. The first-order valence-electron chi connectivity index (χ1n) is 7.09. The summed E-state index contributed by atoms with van der Waals surface area (Å²) in [6.07, 6.45) is 5.82. The lowest BCUT2D eigenvalue weighted by Crippen LogP contribution is -2.43. The van der Waals surface area contributed by atoms with Crippen molar-refractivity contribution in [2.45, 2.75) is 25.7 Å². The van der Waals surface area contributed by atoms with Crippen LogP contribution >= 0.6 is 0 Å². The quantitative estimate of drug-likeness (QED) is 0.446. The van der Waals surface area contributed by atoms with E-state index < -0.39 is 11.9 Å². The minimum absolute atomic E-state index is 0.0633. The van der Waals surface area contributed by atoms with Gasteiger partial charge in [0.2, 0.25) is 0 Å². The van der Waals surface area contributed by atoms with Crippen LogP contribution in [0.3, 0.4) is 0 Å². The van der Waals surface area contributed by atoms with Crippen LogP contribution in [0.2, 0.25) is 0 Å². The molecule has 0 aromatic heterocycles. The summed E-state index contributed by atoms with van der Waals surface area (Å²) in [5, 5.41) is 2.79. The molecule has 7 nitrogen and oxygen atoms in total. The summed E-state index contributed by atoms with van der Waals surface area (Å²) in [5.74, 6) is -1.22. The molecule has 118 valence electrons. The van der Waals surface area contributed by atoms with E-state index in [0.29, 0.717) is 13.0 Å². The molecule has 7 heteroatoms. The number of carbonyl (C=O) groups is 3. The molecule has 1 rings (SSSR count). The highest BCUT2D eigenvalue weighted by Gasteiger charge is 2.15. The molecule has 2 amide bonds. The van der Waals surface area contributed by atoms with E-state index in [4.69, 9.17) is 4.74 Å². The van der Waals surface area contributed by atoms with E-state index >= 15 is 0 Å². The number of hydrogen-bond acceptors (Lipinski definition) is 5. The van der Waals surface area contributed by atoms with Crippen molar-refractivity contribution in [3.05, 3.63) is 12.2 Å². The zero-order valence-electron chi connectivity index (χ0n) is 12.3. The topological polar surface area (TPSA) is 84.9 Å². The molecular formula is C14H22N2O5. The molecule has 1 N–H and O–H groups in total. The number of esters is 2. The Morgan fingerprint density at radius 3 is 2.43 bits per heavy atom. The van der Waals surface area contributed by atoms with E-state index in [2.05, 4.69) is 10.1 Å². The van der Waals surface area contributed by atoms with Gasteiger partial charge in [-0.25, -0.2) is 14.4 Å². The Hall–Kier alpha value is -2.05. The first-order valence-corrected chi connectivity index (χ1v) is 7.09. The van der Waals surface area contributed by atoms with Crippen molar-refractivity contribution in [3.8, 4) is 0 Å². The van der Waals surface area contributed by atoms with Gasteiger partial charge in [0.1, 0.15) is 0 Å². The second-order valence-corrected chi connectivity index (χ2v) is 4.66. The molecule has 21 heavy (non-hydrogen) atoms. The molecule has 0 radical (unpaired) electrons. The van der Waals surface area contributed by atoms with E-state index in [1.807, 2.05) is 0 Å². The zero-order chi connectivity index (χ0) is 15.5. The minimum atomic E-state index is -0.610. The number of urea groups is 1. The monoisotopic (exact) mass is 298 g/mol. The molecule has 0 aliphatic carbocycles. The van der Waals surface area contributed by atoms with Crippen molar-refractivity contribution < 1.29 is 23.9 Å². The largest absolute Gasteiger partial charge is 0.466 e. The molecule has 0 spiro atoms. The summed E-state index contributed by atoms with van der Waals surface area (Å²) in [4.78, 5) is 35.5. The van der Waals surface area contributed by atoms with E-state index in [9.17, 15) is 14.4 Å². The van der Waals surface area contributed by atoms with Gasteiger partial charge in [-0.05, 0) is 25.7 Å². The average molecular weight is 298 g/mol. The van der Waals surface area contributed by atoms with Crippen LogP contribution in [0, 0.1) is 0 Å². The molecule has 0 saturated carbocycles. The van der Waals surface area contributed by atoms with Crippen molar-refractivity contribution in [2.24, 2.45) is 0 Å². The Morgan fingerprint density at radius 2 is 1.76 bits per heavy atom. The highest BCUT2D eigenvalue weighted by Crippen LogP contribution is 2.08. The van der Waals surface area contributed by atoms with E-state index in [1.54, 1.807) is 4.90 Å². The fourth-order valence-corrected chi connectivity index (χ4v) is 1.90. The average Bonchev–Trinajstić information content (AvgIpc) is 2.52. The number of carbonyl (C=O) groups excluding carboxylic acids is 3. The lowest BCUT2D eigenvalue weighted by atomic mass is 10.1. The van der Waals surface area contributed by atoms with Gasteiger partial charge in [-0.15, -0.1) is 0 Å². The summed E-state index contributed by atoms with van der Waals surface area (Å²) in [6, 6.07) is -0.0633. The van der Waals surface area contributed by atoms with Crippen LogP contribution in [-0.4, -0.2) is 56.2 Å². The maximum Gasteiger partial charge on any atom is 0.331 e. The van der Waals surface area contributed by atoms with Crippen LogP contribution in [0.5, 0.6) is 0 Å². The first kappa shape index (κ1) is 17.0. The number of rotatable bonds is 6. The molecule has 0 aromatic carbocycles. The van der Waals surface area contributed by atoms with Crippen molar-refractivity contribution in [1.82, 2.24) is 10.2 Å². The molecule has 1 aliphatic heterocycles. The SMILES string of the molecule is COC(=O)/C=C/C(=O)OCCCNC(=O)N1CCCCC1. The zero-order valence-corrected chi connectivity index (χ0v) is 12.3. The number of amides is 2. The van der Waals surface area contributed by atoms with Crippen molar-refractivity contribution >= 4 is 18.0 Å². The molecule has 1 heterocycles. The summed E-state index contributed by atoms with van der Waals surface area (Å²) in [6.45, 7) is 2.24. The Balaban J connectivity index is 2.06. The third-order valence-corrected chi connectivity index (χ3v) is 3.04. The van der Waals surface area contributed by atoms with Gasteiger partial charge in [-0.2, -0.15) is 0 Å². The maximum absolute atomic E-state index is 11.8. The molecule has 0 atom stereocenters. The van der Waals surface area contributed by atoms with Crippen LogP contribution in [0.25, 0.3) is 0 Å². The normalized spacial score (nSPS) is 14.8. The van der Waals surface area contributed by atoms with Gasteiger partial charge in [0, 0.05) is 31.8 Å². The molecule has 0 aromatic rings. The van der Waals surface area contributed by atoms with Crippen molar-refractivity contribution in [1.29, 1.82) is 0 Å². The number of hydrogen-bond donors (Lipinski definition) is 1. The van der Waals surface area contributed by atoms with Crippen LogP contribution in [0.15, 0.2) is 12.2 Å². The highest BCUT2D eigenvalue weighted by atomic mass is 16.5. The standard InChI is InChI=1S/C14H22N2O5/c1-20-12(17)6-7-13(18)21-11-5-8-15-14(19)16-9-3-2-4-10-16/h6-7H,2-5,8-11H2,1H3,(H,15,19)/b7-6+. The lowest BCUT2D eigenvalue weighted by Gasteiger charge is -2.26. The van der Waals surface area contributed by atoms with E-state index in [1.165, 1.54) is 13.5 Å². The Morgan fingerprint density at radius 1 is 1.10 bits per heavy atom. The fraction of sp³-hybridized carbons (Fsp3) is 0.643. The number of methoxy groups -OCH3 is 1. The highest BCUT2D eigenvalue weighted by molar-refractivity contribution is 5.91. The Kier molecular flexibility index (Phi) is 7.93. The summed E-state index contributed by atoms with van der Waals surface area (Å²) < 4.78 is 9.21. The second kappa shape index (κ2) is 9.79. The first-order chi connectivity index (χ1) is 10.1. The van der Waals surface area contributed by atoms with Gasteiger partial charge in [-0.3, -0.25) is 0 Å². The number of ether oxygens (including phenoxy) is 2. The Bertz CT molecular complexity index is 389. The van der Waals surface area contributed by atoms with Gasteiger partial charge in [0.25, 0.3) is 0 Å². The molecule has 0 unspecified atom stereocenters. The number of nitrogens with zero attached hydrogens (tertiary/aromatic N) is 1. The number of nitrogens with one attached hydrogen (secondary N) is 1.